The maximum Gasteiger partial charge on any atom is 0.373 e. The van der Waals surface area contributed by atoms with Gasteiger partial charge in [-0.3, -0.25) is 4.90 Å². The lowest BCUT2D eigenvalue weighted by atomic mass is 9.79. The highest BCUT2D eigenvalue weighted by Crippen LogP contribution is 2.38. The molecular weight excluding hydrogens is 254 g/mol. The van der Waals surface area contributed by atoms with Crippen molar-refractivity contribution in [3.63, 3.8) is 0 Å². The number of nitrogens with zero attached hydrogens (tertiary/aromatic N) is 1. The minimum atomic E-state index is -0.445. The van der Waals surface area contributed by atoms with Crippen LogP contribution in [0.3, 0.4) is 0 Å². The fourth-order valence-corrected chi connectivity index (χ4v) is 2.91. The van der Waals surface area contributed by atoms with Crippen LogP contribution in [0.1, 0.15) is 54.4 Å². The van der Waals surface area contributed by atoms with Crippen LogP contribution in [0.15, 0.2) is 12.3 Å². The molecule has 0 radical (unpaired) electrons. The summed E-state index contributed by atoms with van der Waals surface area (Å²) in [5.74, 6) is -0.352. The molecule has 20 heavy (non-hydrogen) atoms. The average molecular weight is 283 g/mol. The lowest BCUT2D eigenvalue weighted by molar-refractivity contribution is -0.158. The lowest BCUT2D eigenvalue weighted by Gasteiger charge is -2.53. The molecule has 0 N–H and O–H groups in total. The van der Waals surface area contributed by atoms with E-state index >= 15 is 0 Å². The molecule has 0 aliphatic carbocycles. The summed E-state index contributed by atoms with van der Waals surface area (Å²) in [6.07, 6.45) is 1.46. The number of hydrogen-bond acceptors (Lipinski definition) is 4. The van der Waals surface area contributed by atoms with E-state index in [1.807, 2.05) is 13.8 Å². The summed E-state index contributed by atoms with van der Waals surface area (Å²) < 4.78 is 10.9. The molecule has 4 nitrogen and oxygen atoms in total. The number of carbonyl (C=O) groups excluding carboxylic acids is 1. The molecule has 1 rings (SSSR count). The maximum atomic E-state index is 12.0. The molecule has 0 bridgehead atoms. The first-order chi connectivity index (χ1) is 8.95. The normalized spacial score (nSPS) is 22.6. The van der Waals surface area contributed by atoms with Crippen molar-refractivity contribution in [1.29, 1.82) is 0 Å². The molecule has 0 spiro atoms. The largest absolute Gasteiger partial charge is 0.484 e. The van der Waals surface area contributed by atoms with Crippen LogP contribution >= 0.6 is 0 Å². The summed E-state index contributed by atoms with van der Waals surface area (Å²) in [6, 6.07) is 0. The van der Waals surface area contributed by atoms with Crippen molar-refractivity contribution in [2.75, 3.05) is 7.05 Å². The Bertz CT molecular complexity index is 367. The van der Waals surface area contributed by atoms with Gasteiger partial charge in [0.2, 0.25) is 0 Å². The number of ether oxygens (including phenoxy) is 2. The molecular formula is C16H29NO3. The Kier molecular flexibility index (Phi) is 4.90. The molecule has 1 saturated heterocycles. The molecule has 0 atom stereocenters. The molecule has 0 amide bonds. The zero-order valence-electron chi connectivity index (χ0n) is 13.9. The summed E-state index contributed by atoms with van der Waals surface area (Å²) in [4.78, 5) is 14.3. The van der Waals surface area contributed by atoms with Crippen LogP contribution in [0.2, 0.25) is 0 Å². The third kappa shape index (κ3) is 3.98. The van der Waals surface area contributed by atoms with E-state index in [9.17, 15) is 4.79 Å². The topological polar surface area (TPSA) is 38.8 Å². The van der Waals surface area contributed by atoms with Gasteiger partial charge in [0.1, 0.15) is 6.10 Å². The Morgan fingerprint density at radius 3 is 2.05 bits per heavy atom. The molecule has 1 aliphatic rings. The van der Waals surface area contributed by atoms with Gasteiger partial charge in [-0.05, 0) is 55.2 Å². The molecule has 0 saturated carbocycles. The molecule has 4 heteroatoms. The summed E-state index contributed by atoms with van der Waals surface area (Å²) in [7, 11) is 2.12. The molecule has 0 aromatic rings. The fourth-order valence-electron chi connectivity index (χ4n) is 2.91. The number of carbonyl (C=O) groups is 1. The first-order valence-corrected chi connectivity index (χ1v) is 7.26. The van der Waals surface area contributed by atoms with Gasteiger partial charge in [-0.25, -0.2) is 4.79 Å². The minimum Gasteiger partial charge on any atom is -0.484 e. The van der Waals surface area contributed by atoms with Crippen LogP contribution in [-0.4, -0.2) is 41.2 Å². The number of likely N-dealkylation sites (tertiary alicyclic amines) is 1. The van der Waals surface area contributed by atoms with Crippen molar-refractivity contribution >= 4 is 5.97 Å². The molecule has 0 aromatic carbocycles. The SMILES string of the molecule is C=C(OC(C)C)C(=O)OC1CC(C)(C)N(C)C(C)(C)C1. The fraction of sp³-hybridized carbons (Fsp3) is 0.812. The predicted octanol–water partition coefficient (Wildman–Crippen LogP) is 3.12. The molecule has 116 valence electrons. The Balaban J connectivity index is 2.70. The smallest absolute Gasteiger partial charge is 0.373 e. The van der Waals surface area contributed by atoms with Crippen molar-refractivity contribution in [2.45, 2.75) is 77.7 Å². The second-order valence-electron chi connectivity index (χ2n) is 7.21. The average Bonchev–Trinajstić information content (AvgIpc) is 2.23. The summed E-state index contributed by atoms with van der Waals surface area (Å²) >= 11 is 0. The van der Waals surface area contributed by atoms with Crippen molar-refractivity contribution in [3.8, 4) is 0 Å². The summed E-state index contributed by atoms with van der Waals surface area (Å²) in [6.45, 7) is 16.1. The van der Waals surface area contributed by atoms with Gasteiger partial charge in [0.15, 0.2) is 5.76 Å². The Hall–Kier alpha value is -1.03. The zero-order valence-corrected chi connectivity index (χ0v) is 13.9. The van der Waals surface area contributed by atoms with Gasteiger partial charge in [0.05, 0.1) is 6.10 Å². The minimum absolute atomic E-state index is 0.00701. The van der Waals surface area contributed by atoms with Crippen LogP contribution in [-0.2, 0) is 14.3 Å². The van der Waals surface area contributed by atoms with Crippen LogP contribution in [0, 0.1) is 0 Å². The van der Waals surface area contributed by atoms with Gasteiger partial charge in [0.25, 0.3) is 0 Å². The second kappa shape index (κ2) is 5.76. The van der Waals surface area contributed by atoms with E-state index in [2.05, 4.69) is 46.2 Å². The molecule has 0 unspecified atom stereocenters. The van der Waals surface area contributed by atoms with E-state index in [1.165, 1.54) is 0 Å². The predicted molar refractivity (Wildman–Crippen MR) is 80.4 cm³/mol. The zero-order chi connectivity index (χ0) is 15.7. The van der Waals surface area contributed by atoms with E-state index in [-0.39, 0.29) is 29.0 Å². The third-order valence-corrected chi connectivity index (χ3v) is 4.15. The van der Waals surface area contributed by atoms with Crippen LogP contribution in [0.5, 0.6) is 0 Å². The number of hydrogen-bond donors (Lipinski definition) is 0. The summed E-state index contributed by atoms with van der Waals surface area (Å²) in [5, 5.41) is 0. The highest BCUT2D eigenvalue weighted by molar-refractivity contribution is 5.85. The van der Waals surface area contributed by atoms with Gasteiger partial charge in [-0.15, -0.1) is 0 Å². The Morgan fingerprint density at radius 2 is 1.65 bits per heavy atom. The van der Waals surface area contributed by atoms with Gasteiger partial charge < -0.3 is 9.47 Å². The second-order valence-corrected chi connectivity index (χ2v) is 7.21. The third-order valence-electron chi connectivity index (χ3n) is 4.15. The molecule has 1 fully saturated rings. The van der Waals surface area contributed by atoms with Gasteiger partial charge in [0, 0.05) is 23.9 Å². The monoisotopic (exact) mass is 283 g/mol. The number of rotatable bonds is 4. The maximum absolute atomic E-state index is 12.0. The quantitative estimate of drug-likeness (QED) is 0.451. The lowest BCUT2D eigenvalue weighted by Crippen LogP contribution is -2.60. The van der Waals surface area contributed by atoms with Crippen LogP contribution in [0.4, 0.5) is 0 Å². The first-order valence-electron chi connectivity index (χ1n) is 7.26. The van der Waals surface area contributed by atoms with Crippen LogP contribution < -0.4 is 0 Å². The van der Waals surface area contributed by atoms with E-state index < -0.39 is 5.97 Å². The molecule has 0 aromatic heterocycles. The first kappa shape index (κ1) is 17.0. The van der Waals surface area contributed by atoms with Gasteiger partial charge in [-0.2, -0.15) is 0 Å². The van der Waals surface area contributed by atoms with Gasteiger partial charge >= 0.3 is 5.97 Å². The van der Waals surface area contributed by atoms with E-state index in [0.717, 1.165) is 12.8 Å². The Labute approximate surface area is 123 Å². The highest BCUT2D eigenvalue weighted by atomic mass is 16.6. The highest BCUT2D eigenvalue weighted by Gasteiger charge is 2.44. The van der Waals surface area contributed by atoms with E-state index in [1.54, 1.807) is 0 Å². The standard InChI is InChI=1S/C16H29NO3/c1-11(2)19-12(3)14(18)20-13-9-15(4,5)17(8)16(6,7)10-13/h11,13H,3,9-10H2,1-2,4-8H3. The van der Waals surface area contributed by atoms with Gasteiger partial charge in [-0.1, -0.05) is 0 Å². The number of piperidine rings is 1. The van der Waals surface area contributed by atoms with Crippen molar-refractivity contribution < 1.29 is 14.3 Å². The van der Waals surface area contributed by atoms with E-state index in [4.69, 9.17) is 9.47 Å². The van der Waals surface area contributed by atoms with Crippen molar-refractivity contribution in [2.24, 2.45) is 0 Å². The number of esters is 1. The molecule has 1 aliphatic heterocycles. The van der Waals surface area contributed by atoms with Crippen molar-refractivity contribution in [3.05, 3.63) is 12.3 Å². The van der Waals surface area contributed by atoms with Crippen molar-refractivity contribution in [1.82, 2.24) is 4.90 Å². The Morgan fingerprint density at radius 1 is 1.20 bits per heavy atom. The van der Waals surface area contributed by atoms with Crippen LogP contribution in [0.25, 0.3) is 0 Å². The van der Waals surface area contributed by atoms with E-state index in [0.29, 0.717) is 0 Å². The molecule has 1 heterocycles. The summed E-state index contributed by atoms with van der Waals surface area (Å²) in [5.41, 5.74) is -0.0140.